The lowest BCUT2D eigenvalue weighted by atomic mass is 9.97. The molecule has 5 aromatic rings. The Morgan fingerprint density at radius 2 is 1.77 bits per heavy atom. The summed E-state index contributed by atoms with van der Waals surface area (Å²) in [7, 11) is 1.39. The third-order valence-corrected chi connectivity index (χ3v) is 10.1. The van der Waals surface area contributed by atoms with Gasteiger partial charge in [0.1, 0.15) is 23.5 Å². The number of aromatic nitrogens is 3. The summed E-state index contributed by atoms with van der Waals surface area (Å²) in [5, 5.41) is 9.81. The van der Waals surface area contributed by atoms with Crippen molar-refractivity contribution in [1.29, 1.82) is 0 Å². The summed E-state index contributed by atoms with van der Waals surface area (Å²) in [6.45, 7) is 7.27. The van der Waals surface area contributed by atoms with E-state index in [0.717, 1.165) is 75.1 Å². The van der Waals surface area contributed by atoms with Crippen molar-refractivity contribution in [2.24, 2.45) is 4.99 Å². The number of aryl methyl sites for hydroxylation is 3. The Kier molecular flexibility index (Phi) is 8.19. The second-order valence-electron chi connectivity index (χ2n) is 11.9. The molecule has 47 heavy (non-hydrogen) atoms. The molecule has 0 fully saturated rings. The van der Waals surface area contributed by atoms with Gasteiger partial charge in [0, 0.05) is 33.9 Å². The highest BCUT2D eigenvalue weighted by molar-refractivity contribution is 7.15. The van der Waals surface area contributed by atoms with Gasteiger partial charge >= 0.3 is 11.9 Å². The Bertz CT molecular complexity index is 2010. The fourth-order valence-electron chi connectivity index (χ4n) is 6.36. The standard InChI is InChI=1S/C37H35N5O4S/c1-22-23(2)47-36-33(22)34(38-30(20-32(43)45-4)35-40-39-24(3)42(35)36)26-12-15-29(16-13-26)41-18-8-11-27-19-28(14-17-31(27)41)37(44)46-21-25-9-6-5-7-10-25/h5-7,9-10,12-17,19,30H,8,11,18,20-21H2,1-4H3/t30-/m0/s1. The SMILES string of the molecule is COC(=O)C[C@@H]1N=C(c2ccc(N3CCCc4cc(C(=O)OCc5ccccc5)ccc43)cc2)c2c(sc(C)c2C)-n2c(C)nnc21. The van der Waals surface area contributed by atoms with Crippen molar-refractivity contribution >= 4 is 40.4 Å². The highest BCUT2D eigenvalue weighted by Crippen LogP contribution is 2.40. The number of thiophene rings is 1. The van der Waals surface area contributed by atoms with Crippen LogP contribution in [0.1, 0.15) is 73.6 Å². The average Bonchev–Trinajstić information content (AvgIpc) is 3.58. The van der Waals surface area contributed by atoms with Gasteiger partial charge in [-0.1, -0.05) is 42.5 Å². The molecule has 238 valence electrons. The number of benzene rings is 3. The van der Waals surface area contributed by atoms with Gasteiger partial charge < -0.3 is 14.4 Å². The lowest BCUT2D eigenvalue weighted by Gasteiger charge is -2.32. The van der Waals surface area contributed by atoms with Gasteiger partial charge in [-0.05, 0) is 80.6 Å². The third-order valence-electron chi connectivity index (χ3n) is 8.93. The third kappa shape index (κ3) is 5.74. The smallest absolute Gasteiger partial charge is 0.338 e. The quantitative estimate of drug-likeness (QED) is 0.173. The molecule has 2 aromatic heterocycles. The van der Waals surface area contributed by atoms with Gasteiger partial charge in [-0.3, -0.25) is 14.4 Å². The minimum absolute atomic E-state index is 0.0650. The van der Waals surface area contributed by atoms with E-state index in [0.29, 0.717) is 11.4 Å². The number of rotatable bonds is 7. The van der Waals surface area contributed by atoms with E-state index < -0.39 is 6.04 Å². The molecule has 4 heterocycles. The van der Waals surface area contributed by atoms with Crippen molar-refractivity contribution in [3.05, 3.63) is 123 Å². The molecular weight excluding hydrogens is 611 g/mol. The van der Waals surface area contributed by atoms with Crippen molar-refractivity contribution in [1.82, 2.24) is 14.8 Å². The topological polar surface area (TPSA) is 98.9 Å². The van der Waals surface area contributed by atoms with Crippen LogP contribution in [0.2, 0.25) is 0 Å². The Morgan fingerprint density at radius 3 is 2.53 bits per heavy atom. The van der Waals surface area contributed by atoms with Crippen LogP contribution in [0, 0.1) is 20.8 Å². The first-order valence-electron chi connectivity index (χ1n) is 15.7. The molecule has 10 heteroatoms. The molecule has 0 spiro atoms. The van der Waals surface area contributed by atoms with Gasteiger partial charge in [0.2, 0.25) is 0 Å². The number of nitrogens with zero attached hydrogens (tertiary/aromatic N) is 5. The number of hydrogen-bond acceptors (Lipinski definition) is 9. The molecular formula is C37H35N5O4S. The van der Waals surface area contributed by atoms with Crippen molar-refractivity contribution < 1.29 is 19.1 Å². The molecule has 1 atom stereocenters. The molecule has 0 radical (unpaired) electrons. The van der Waals surface area contributed by atoms with E-state index in [9.17, 15) is 9.59 Å². The molecule has 0 unspecified atom stereocenters. The number of aliphatic imine (C=N–C) groups is 1. The molecule has 9 nitrogen and oxygen atoms in total. The van der Waals surface area contributed by atoms with E-state index in [2.05, 4.69) is 53.2 Å². The van der Waals surface area contributed by atoms with Crippen molar-refractivity contribution in [2.45, 2.75) is 52.7 Å². The van der Waals surface area contributed by atoms with Crippen LogP contribution in [0.25, 0.3) is 5.00 Å². The van der Waals surface area contributed by atoms with Gasteiger partial charge in [0.25, 0.3) is 0 Å². The van der Waals surface area contributed by atoms with Gasteiger partial charge in [0.05, 0.1) is 24.8 Å². The summed E-state index contributed by atoms with van der Waals surface area (Å²) in [6, 6.07) is 23.4. The molecule has 2 aliphatic heterocycles. The monoisotopic (exact) mass is 645 g/mol. The van der Waals surface area contributed by atoms with E-state index in [1.807, 2.05) is 60.0 Å². The van der Waals surface area contributed by atoms with E-state index in [-0.39, 0.29) is 25.0 Å². The maximum absolute atomic E-state index is 12.9. The van der Waals surface area contributed by atoms with Crippen molar-refractivity contribution in [3.8, 4) is 5.00 Å². The van der Waals surface area contributed by atoms with E-state index in [4.69, 9.17) is 14.5 Å². The fourth-order valence-corrected chi connectivity index (χ4v) is 7.58. The number of carbonyl (C=O) groups excluding carboxylic acids is 2. The van der Waals surface area contributed by atoms with Crippen molar-refractivity contribution in [3.63, 3.8) is 0 Å². The zero-order valence-corrected chi connectivity index (χ0v) is 27.6. The van der Waals surface area contributed by atoms with Gasteiger partial charge in [-0.2, -0.15) is 0 Å². The summed E-state index contributed by atoms with van der Waals surface area (Å²) in [4.78, 5) is 34.0. The Morgan fingerprint density at radius 1 is 0.979 bits per heavy atom. The highest BCUT2D eigenvalue weighted by Gasteiger charge is 2.33. The van der Waals surface area contributed by atoms with Crippen LogP contribution in [-0.2, 0) is 27.3 Å². The molecule has 0 saturated carbocycles. The first-order chi connectivity index (χ1) is 22.8. The summed E-state index contributed by atoms with van der Waals surface area (Å²) in [5.41, 5.74) is 8.75. The van der Waals surface area contributed by atoms with E-state index in [1.54, 1.807) is 11.3 Å². The number of ether oxygens (including phenoxy) is 2. The van der Waals surface area contributed by atoms with Crippen LogP contribution in [-0.4, -0.2) is 46.1 Å². The predicted molar refractivity (Wildman–Crippen MR) is 182 cm³/mol. The molecule has 0 amide bonds. The van der Waals surface area contributed by atoms with E-state index >= 15 is 0 Å². The van der Waals surface area contributed by atoms with Crippen LogP contribution in [0.3, 0.4) is 0 Å². The van der Waals surface area contributed by atoms with Crippen LogP contribution < -0.4 is 4.90 Å². The number of hydrogen-bond donors (Lipinski definition) is 0. The number of methoxy groups -OCH3 is 1. The lowest BCUT2D eigenvalue weighted by molar-refractivity contribution is -0.141. The first-order valence-corrected chi connectivity index (χ1v) is 16.5. The fraction of sp³-hybridized carbons (Fsp3) is 0.270. The number of carbonyl (C=O) groups is 2. The average molecular weight is 646 g/mol. The van der Waals surface area contributed by atoms with Crippen LogP contribution >= 0.6 is 11.3 Å². The maximum atomic E-state index is 12.9. The Hall–Kier alpha value is -5.09. The minimum atomic E-state index is -0.541. The number of anilines is 2. The normalized spacial score (nSPS) is 15.2. The van der Waals surface area contributed by atoms with Crippen molar-refractivity contribution in [2.75, 3.05) is 18.6 Å². The molecule has 2 aliphatic rings. The van der Waals surface area contributed by atoms with Crippen LogP contribution in [0.4, 0.5) is 11.4 Å². The summed E-state index contributed by atoms with van der Waals surface area (Å²) >= 11 is 1.68. The number of esters is 2. The van der Waals surface area contributed by atoms with Gasteiger partial charge in [-0.15, -0.1) is 21.5 Å². The first kappa shape index (κ1) is 30.6. The molecule has 0 saturated heterocycles. The summed E-state index contributed by atoms with van der Waals surface area (Å²) in [6.07, 6.45) is 1.93. The van der Waals surface area contributed by atoms with Gasteiger partial charge in [-0.25, -0.2) is 4.79 Å². The maximum Gasteiger partial charge on any atom is 0.338 e. The largest absolute Gasteiger partial charge is 0.469 e. The Labute approximate surface area is 277 Å². The molecule has 0 bridgehead atoms. The zero-order chi connectivity index (χ0) is 32.7. The highest BCUT2D eigenvalue weighted by atomic mass is 32.1. The molecule has 0 aliphatic carbocycles. The second-order valence-corrected chi connectivity index (χ2v) is 13.1. The lowest BCUT2D eigenvalue weighted by Crippen LogP contribution is -2.25. The van der Waals surface area contributed by atoms with Crippen LogP contribution in [0.5, 0.6) is 0 Å². The van der Waals surface area contributed by atoms with Crippen LogP contribution in [0.15, 0.2) is 77.8 Å². The van der Waals surface area contributed by atoms with E-state index in [1.165, 1.54) is 12.0 Å². The molecule has 7 rings (SSSR count). The zero-order valence-electron chi connectivity index (χ0n) is 26.8. The summed E-state index contributed by atoms with van der Waals surface area (Å²) < 4.78 is 12.7. The number of fused-ring (bicyclic) bond motifs is 4. The minimum Gasteiger partial charge on any atom is -0.469 e. The molecule has 0 N–H and O–H groups in total. The Balaban J connectivity index is 1.19. The van der Waals surface area contributed by atoms with Gasteiger partial charge in [0.15, 0.2) is 5.82 Å². The summed E-state index contributed by atoms with van der Waals surface area (Å²) in [5.74, 6) is 0.713. The molecule has 3 aromatic carbocycles. The second kappa shape index (κ2) is 12.6. The predicted octanol–water partition coefficient (Wildman–Crippen LogP) is 7.15.